The van der Waals surface area contributed by atoms with Gasteiger partial charge in [-0.25, -0.2) is 0 Å². The van der Waals surface area contributed by atoms with E-state index in [1.165, 1.54) is 24.3 Å². The van der Waals surface area contributed by atoms with Gasteiger partial charge >= 0.3 is 0 Å². The maximum Gasteiger partial charge on any atom is 0.296 e. The lowest BCUT2D eigenvalue weighted by atomic mass is 10.2. The van der Waals surface area contributed by atoms with E-state index < -0.39 is 30.5 Å². The van der Waals surface area contributed by atoms with Gasteiger partial charge in [0.05, 0.1) is 15.5 Å². The third-order valence-corrected chi connectivity index (χ3v) is 3.70. The summed E-state index contributed by atoms with van der Waals surface area (Å²) in [5.74, 6) is 0. The second-order valence-electron chi connectivity index (χ2n) is 4.34. The van der Waals surface area contributed by atoms with Gasteiger partial charge in [-0.15, -0.1) is 0 Å². The number of hydrogen-bond acceptors (Lipinski definition) is 7. The third-order valence-electron chi connectivity index (χ3n) is 2.81. The fourth-order valence-electron chi connectivity index (χ4n) is 1.76. The minimum atomic E-state index is -4.71. The minimum Gasteiger partial charge on any atom is -0.354 e. The molecular weight excluding hydrogens is 330 g/mol. The molecule has 10 nitrogen and oxygen atoms in total. The molecule has 0 aliphatic rings. The van der Waals surface area contributed by atoms with Crippen LogP contribution in [-0.2, 0) is 10.1 Å². The fraction of sp³-hybridized carbons (Fsp3) is 0. The first-order valence-corrected chi connectivity index (χ1v) is 7.40. The Hall–Kier alpha value is -3.05. The zero-order valence-corrected chi connectivity index (χ0v) is 12.1. The number of hydrogen-bond donors (Lipinski definition) is 2. The Morgan fingerprint density at radius 1 is 0.913 bits per heavy atom. The summed E-state index contributed by atoms with van der Waals surface area (Å²) in [4.78, 5) is 19.2. The van der Waals surface area contributed by atoms with Crippen LogP contribution in [0, 0.1) is 20.2 Å². The smallest absolute Gasteiger partial charge is 0.296 e. The average molecular weight is 339 g/mol. The van der Waals surface area contributed by atoms with Crippen LogP contribution in [0.15, 0.2) is 47.4 Å². The Bertz CT molecular complexity index is 878. The molecule has 120 valence electrons. The van der Waals surface area contributed by atoms with Crippen molar-refractivity contribution >= 4 is 32.9 Å². The summed E-state index contributed by atoms with van der Waals surface area (Å²) >= 11 is 0. The van der Waals surface area contributed by atoms with Crippen LogP contribution in [0.2, 0.25) is 0 Å². The Morgan fingerprint density at radius 2 is 1.43 bits per heavy atom. The first kappa shape index (κ1) is 16.3. The van der Waals surface area contributed by atoms with Crippen LogP contribution >= 0.6 is 0 Å². The molecule has 0 radical (unpaired) electrons. The molecule has 23 heavy (non-hydrogen) atoms. The van der Waals surface area contributed by atoms with Gasteiger partial charge in [0.1, 0.15) is 4.90 Å². The summed E-state index contributed by atoms with van der Waals surface area (Å²) in [6.45, 7) is 0. The highest BCUT2D eigenvalue weighted by molar-refractivity contribution is 7.86. The van der Waals surface area contributed by atoms with Crippen molar-refractivity contribution in [3.8, 4) is 0 Å². The first-order valence-electron chi connectivity index (χ1n) is 5.96. The SMILES string of the molecule is O=[N+]([O-])c1ccc(Nc2ccc([N+](=O)[O-])cc2S(=O)(=O)O)cc1. The molecule has 0 atom stereocenters. The molecule has 0 saturated heterocycles. The van der Waals surface area contributed by atoms with Crippen LogP contribution in [0.4, 0.5) is 22.7 Å². The lowest BCUT2D eigenvalue weighted by molar-refractivity contribution is -0.385. The quantitative estimate of drug-likeness (QED) is 0.478. The predicted octanol–water partition coefficient (Wildman–Crippen LogP) is 2.49. The largest absolute Gasteiger partial charge is 0.354 e. The molecule has 0 aliphatic carbocycles. The number of non-ortho nitro benzene ring substituents is 2. The second kappa shape index (κ2) is 5.98. The topological polar surface area (TPSA) is 153 Å². The Balaban J connectivity index is 2.43. The van der Waals surface area contributed by atoms with E-state index >= 15 is 0 Å². The molecule has 2 N–H and O–H groups in total. The lowest BCUT2D eigenvalue weighted by Crippen LogP contribution is -2.04. The number of nitro benzene ring substituents is 2. The van der Waals surface area contributed by atoms with Gasteiger partial charge in [-0.1, -0.05) is 0 Å². The van der Waals surface area contributed by atoms with Crippen molar-refractivity contribution in [1.82, 2.24) is 0 Å². The monoisotopic (exact) mass is 339 g/mol. The van der Waals surface area contributed by atoms with Crippen LogP contribution in [0.1, 0.15) is 0 Å². The van der Waals surface area contributed by atoms with Crippen LogP contribution < -0.4 is 5.32 Å². The molecule has 11 heteroatoms. The maximum atomic E-state index is 11.4. The van der Waals surface area contributed by atoms with E-state index in [2.05, 4.69) is 5.32 Å². The average Bonchev–Trinajstić information content (AvgIpc) is 2.46. The Labute approximate surface area is 129 Å². The van der Waals surface area contributed by atoms with Crippen molar-refractivity contribution in [2.75, 3.05) is 5.32 Å². The van der Waals surface area contributed by atoms with Gasteiger partial charge in [-0.3, -0.25) is 24.8 Å². The van der Waals surface area contributed by atoms with Crippen molar-refractivity contribution in [3.05, 3.63) is 62.7 Å². The van der Waals surface area contributed by atoms with Gasteiger partial charge in [0.25, 0.3) is 21.5 Å². The van der Waals surface area contributed by atoms with E-state index in [0.717, 1.165) is 12.1 Å². The Kier molecular flexibility index (Phi) is 4.24. The number of benzene rings is 2. The standard InChI is InChI=1S/C12H9N3O7S/c16-14(17)9-3-1-8(2-4-9)13-11-6-5-10(15(18)19)7-12(11)23(20,21)22/h1-7,13H,(H,20,21,22). The molecule has 0 unspecified atom stereocenters. The highest BCUT2D eigenvalue weighted by Crippen LogP contribution is 2.29. The molecule has 0 aliphatic heterocycles. The van der Waals surface area contributed by atoms with Crippen molar-refractivity contribution in [3.63, 3.8) is 0 Å². The summed E-state index contributed by atoms with van der Waals surface area (Å²) in [6, 6.07) is 7.93. The molecule has 2 aromatic rings. The number of rotatable bonds is 5. The van der Waals surface area contributed by atoms with Crippen LogP contribution in [0.5, 0.6) is 0 Å². The van der Waals surface area contributed by atoms with Crippen molar-refractivity contribution < 1.29 is 22.8 Å². The highest BCUT2D eigenvalue weighted by atomic mass is 32.2. The zero-order valence-electron chi connectivity index (χ0n) is 11.2. The summed E-state index contributed by atoms with van der Waals surface area (Å²) in [5.41, 5.74) is -0.470. The highest BCUT2D eigenvalue weighted by Gasteiger charge is 2.20. The normalized spacial score (nSPS) is 11.0. The molecule has 0 fully saturated rings. The van der Waals surface area contributed by atoms with E-state index in [-0.39, 0.29) is 11.4 Å². The third kappa shape index (κ3) is 3.78. The second-order valence-corrected chi connectivity index (χ2v) is 5.73. The molecule has 0 aromatic heterocycles. The molecule has 0 saturated carbocycles. The first-order chi connectivity index (χ1) is 10.7. The van der Waals surface area contributed by atoms with Crippen molar-refractivity contribution in [2.24, 2.45) is 0 Å². The molecule has 0 bridgehead atoms. The van der Waals surface area contributed by atoms with Gasteiger partial charge in [-0.05, 0) is 18.2 Å². The number of anilines is 2. The predicted molar refractivity (Wildman–Crippen MR) is 79.3 cm³/mol. The molecular formula is C12H9N3O7S. The van der Waals surface area contributed by atoms with E-state index in [4.69, 9.17) is 0 Å². The minimum absolute atomic E-state index is 0.105. The van der Waals surface area contributed by atoms with Gasteiger partial charge < -0.3 is 5.32 Å². The van der Waals surface area contributed by atoms with E-state index in [0.29, 0.717) is 11.8 Å². The summed E-state index contributed by atoms with van der Waals surface area (Å²) in [6.07, 6.45) is 0. The lowest BCUT2D eigenvalue weighted by Gasteiger charge is -2.10. The van der Waals surface area contributed by atoms with Gasteiger partial charge in [0, 0.05) is 30.0 Å². The van der Waals surface area contributed by atoms with Crippen molar-refractivity contribution in [2.45, 2.75) is 4.90 Å². The molecule has 2 rings (SSSR count). The van der Waals surface area contributed by atoms with Crippen LogP contribution in [0.25, 0.3) is 0 Å². The molecule has 2 aromatic carbocycles. The summed E-state index contributed by atoms with van der Waals surface area (Å²) in [7, 11) is -4.71. The van der Waals surface area contributed by atoms with Gasteiger partial charge in [-0.2, -0.15) is 8.42 Å². The molecule has 0 amide bonds. The van der Waals surface area contributed by atoms with E-state index in [9.17, 15) is 33.2 Å². The van der Waals surface area contributed by atoms with E-state index in [1.54, 1.807) is 0 Å². The van der Waals surface area contributed by atoms with Crippen LogP contribution in [-0.4, -0.2) is 22.8 Å². The Morgan fingerprint density at radius 3 is 1.91 bits per heavy atom. The number of nitro groups is 2. The van der Waals surface area contributed by atoms with Gasteiger partial charge in [0.2, 0.25) is 0 Å². The summed E-state index contributed by atoms with van der Waals surface area (Å²) in [5, 5.41) is 23.9. The van der Waals surface area contributed by atoms with Crippen molar-refractivity contribution in [1.29, 1.82) is 0 Å². The summed E-state index contributed by atoms with van der Waals surface area (Å²) < 4.78 is 31.9. The molecule has 0 heterocycles. The van der Waals surface area contributed by atoms with Crippen LogP contribution in [0.3, 0.4) is 0 Å². The number of nitrogens with one attached hydrogen (secondary N) is 1. The fourth-order valence-corrected chi connectivity index (χ4v) is 2.43. The van der Waals surface area contributed by atoms with Gasteiger partial charge in [0.15, 0.2) is 0 Å². The molecule has 0 spiro atoms. The maximum absolute atomic E-state index is 11.4. The van der Waals surface area contributed by atoms with E-state index in [1.807, 2.05) is 0 Å². The number of nitrogens with zero attached hydrogens (tertiary/aromatic N) is 2. The zero-order chi connectivity index (χ0) is 17.2.